The highest BCUT2D eigenvalue weighted by atomic mass is 32.1. The van der Waals surface area contributed by atoms with Gasteiger partial charge in [-0.2, -0.15) is 5.26 Å². The van der Waals surface area contributed by atoms with Gasteiger partial charge >= 0.3 is 12.2 Å². The van der Waals surface area contributed by atoms with Gasteiger partial charge in [0, 0.05) is 42.2 Å². The summed E-state index contributed by atoms with van der Waals surface area (Å²) >= 11 is 0.842. The first-order valence-electron chi connectivity index (χ1n) is 16.4. The first-order valence-corrected chi connectivity index (χ1v) is 17.3. The van der Waals surface area contributed by atoms with Crippen LogP contribution in [0.2, 0.25) is 0 Å². The highest BCUT2D eigenvalue weighted by molar-refractivity contribution is 7.23. The van der Waals surface area contributed by atoms with Crippen molar-refractivity contribution >= 4 is 55.5 Å². The Hall–Kier alpha value is -4.68. The van der Waals surface area contributed by atoms with E-state index in [4.69, 9.17) is 19.2 Å². The molecular formula is C35H37F2N7O5S. The quantitative estimate of drug-likeness (QED) is 0.229. The molecule has 2 fully saturated rings. The number of nitriles is 1. The molecule has 1 aromatic carbocycles. The number of thiophene rings is 1. The zero-order valence-corrected chi connectivity index (χ0v) is 29.5. The number of hydrogen-bond donors (Lipinski definition) is 1. The van der Waals surface area contributed by atoms with Gasteiger partial charge in [-0.1, -0.05) is 0 Å². The van der Waals surface area contributed by atoms with Crippen LogP contribution in [0.25, 0.3) is 32.2 Å². The molecule has 6 heterocycles. The van der Waals surface area contributed by atoms with Crippen LogP contribution in [0, 0.1) is 23.0 Å². The third kappa shape index (κ3) is 5.83. The number of nitrogens with one attached hydrogen (secondary N) is 1. The molecule has 262 valence electrons. The number of carbonyl (C=O) groups excluding carboxylic acids is 2. The Morgan fingerprint density at radius 3 is 2.50 bits per heavy atom. The molecule has 3 aliphatic heterocycles. The summed E-state index contributed by atoms with van der Waals surface area (Å²) in [5, 5.41) is 13.4. The van der Waals surface area contributed by atoms with E-state index >= 15 is 8.78 Å². The number of ether oxygens (including phenoxy) is 3. The topological polar surface area (TPSA) is 143 Å². The van der Waals surface area contributed by atoms with Crippen molar-refractivity contribution in [3.63, 3.8) is 0 Å². The van der Waals surface area contributed by atoms with Gasteiger partial charge in [-0.3, -0.25) is 10.3 Å². The Bertz CT molecular complexity index is 2120. The van der Waals surface area contributed by atoms with Gasteiger partial charge in [0.1, 0.15) is 27.8 Å². The lowest BCUT2D eigenvalue weighted by molar-refractivity contribution is 0.0111. The van der Waals surface area contributed by atoms with Crippen molar-refractivity contribution in [3.05, 3.63) is 40.7 Å². The van der Waals surface area contributed by atoms with Gasteiger partial charge in [-0.15, -0.1) is 11.3 Å². The first-order chi connectivity index (χ1) is 23.6. The molecule has 0 bridgehead atoms. The van der Waals surface area contributed by atoms with Gasteiger partial charge in [0.15, 0.2) is 11.6 Å². The van der Waals surface area contributed by atoms with E-state index in [1.54, 1.807) is 27.0 Å². The number of hydrogen-bond acceptors (Lipinski definition) is 11. The predicted molar refractivity (Wildman–Crippen MR) is 183 cm³/mol. The number of amides is 2. The van der Waals surface area contributed by atoms with Crippen molar-refractivity contribution in [2.24, 2.45) is 0 Å². The highest BCUT2D eigenvalue weighted by Crippen LogP contribution is 2.46. The first kappa shape index (κ1) is 33.8. The van der Waals surface area contributed by atoms with Crippen molar-refractivity contribution in [2.75, 3.05) is 29.9 Å². The van der Waals surface area contributed by atoms with E-state index in [-0.39, 0.29) is 56.7 Å². The minimum absolute atomic E-state index is 0.0293. The third-order valence-electron chi connectivity index (χ3n) is 9.14. The van der Waals surface area contributed by atoms with E-state index in [0.717, 1.165) is 30.4 Å². The molecule has 15 heteroatoms. The van der Waals surface area contributed by atoms with Crippen LogP contribution in [0.3, 0.4) is 0 Å². The average molecular weight is 706 g/mol. The van der Waals surface area contributed by atoms with Crippen LogP contribution in [0.4, 0.5) is 29.3 Å². The lowest BCUT2D eigenvalue weighted by Crippen LogP contribution is -2.50. The normalized spacial score (nSPS) is 19.0. The molecule has 2 saturated heterocycles. The number of anilines is 2. The number of aromatic nitrogens is 3. The van der Waals surface area contributed by atoms with Crippen LogP contribution < -0.4 is 10.2 Å². The fraction of sp³-hybridized carbons (Fsp3) is 0.486. The maximum atomic E-state index is 17.0. The second-order valence-corrected chi connectivity index (χ2v) is 15.9. The van der Waals surface area contributed by atoms with Gasteiger partial charge < -0.3 is 24.0 Å². The second-order valence-electron chi connectivity index (χ2n) is 14.9. The van der Waals surface area contributed by atoms with Gasteiger partial charge in [-0.25, -0.2) is 28.3 Å². The van der Waals surface area contributed by atoms with E-state index in [9.17, 15) is 14.9 Å². The summed E-state index contributed by atoms with van der Waals surface area (Å²) in [6.45, 7) is 12.4. The summed E-state index contributed by atoms with van der Waals surface area (Å²) in [6, 6.07) is 2.05. The lowest BCUT2D eigenvalue weighted by atomic mass is 9.94. The van der Waals surface area contributed by atoms with Gasteiger partial charge in [0.05, 0.1) is 40.9 Å². The van der Waals surface area contributed by atoms with Crippen LogP contribution in [0.5, 0.6) is 0 Å². The maximum Gasteiger partial charge on any atom is 0.412 e. The Morgan fingerprint density at radius 2 is 1.78 bits per heavy atom. The molecule has 7 rings (SSSR count). The van der Waals surface area contributed by atoms with Crippen molar-refractivity contribution in [1.29, 1.82) is 5.26 Å². The zero-order chi connectivity index (χ0) is 35.7. The summed E-state index contributed by atoms with van der Waals surface area (Å²) in [6.07, 6.45) is 3.73. The van der Waals surface area contributed by atoms with Crippen molar-refractivity contribution in [2.45, 2.75) is 90.8 Å². The number of rotatable bonds is 3. The molecule has 12 nitrogen and oxygen atoms in total. The molecule has 3 aromatic heterocycles. The molecule has 1 spiro atoms. The highest BCUT2D eigenvalue weighted by Gasteiger charge is 2.50. The van der Waals surface area contributed by atoms with E-state index in [0.29, 0.717) is 48.5 Å². The van der Waals surface area contributed by atoms with Crippen LogP contribution in [-0.4, -0.2) is 68.4 Å². The van der Waals surface area contributed by atoms with Gasteiger partial charge in [-0.05, 0) is 71.9 Å². The average Bonchev–Trinajstić information content (AvgIpc) is 3.83. The molecule has 50 heavy (non-hydrogen) atoms. The third-order valence-corrected chi connectivity index (χ3v) is 10.3. The standard InChI is InChI=1S/C35H37F2N7O5S/c1-33(2,3)48-31(45)42-29-18(12-38)24-27(39-14-22(36)28(24)50-29)23-21-16-47-15-20(21)19-13-40-30(41-26(19)25(23)37)43-11-9-35(17-43)8-7-10-44(35)32(46)49-34(4,5)6/h13-14H,7-11,15-17H2,1-6H3,(H,42,45). The van der Waals surface area contributed by atoms with Crippen LogP contribution in [-0.2, 0) is 27.4 Å². The Balaban J connectivity index is 1.31. The molecule has 2 amide bonds. The molecule has 0 saturated carbocycles. The number of nitrogens with zero attached hydrogens (tertiary/aromatic N) is 6. The SMILES string of the molecule is CC(C)(C)OC(=O)Nc1sc2c(F)cnc(-c3c4c(c5cnc(N6CCC7(CCCN7C(=O)OC(C)(C)C)C6)nc5c3F)COC4)c2c1C#N. The summed E-state index contributed by atoms with van der Waals surface area (Å²) in [5.41, 5.74) is -0.668. The molecule has 1 atom stereocenters. The number of halogens is 2. The molecule has 0 aliphatic carbocycles. The summed E-state index contributed by atoms with van der Waals surface area (Å²) < 4.78 is 49.2. The Labute approximate surface area is 291 Å². The van der Waals surface area contributed by atoms with Crippen LogP contribution in [0.15, 0.2) is 12.4 Å². The van der Waals surface area contributed by atoms with E-state index in [1.807, 2.05) is 30.6 Å². The molecule has 3 aliphatic rings. The molecular weight excluding hydrogens is 668 g/mol. The number of carbonyl (C=O) groups is 2. The minimum atomic E-state index is -0.818. The summed E-state index contributed by atoms with van der Waals surface area (Å²) in [5.74, 6) is -1.13. The molecule has 4 aromatic rings. The monoisotopic (exact) mass is 705 g/mol. The van der Waals surface area contributed by atoms with Crippen LogP contribution >= 0.6 is 11.3 Å². The second kappa shape index (κ2) is 12.0. The number of likely N-dealkylation sites (tertiary alicyclic amines) is 1. The summed E-state index contributed by atoms with van der Waals surface area (Å²) in [7, 11) is 0. The smallest absolute Gasteiger partial charge is 0.412 e. The van der Waals surface area contributed by atoms with E-state index in [1.165, 1.54) is 0 Å². The molecule has 1 N–H and O–H groups in total. The van der Waals surface area contributed by atoms with Crippen molar-refractivity contribution in [1.82, 2.24) is 19.9 Å². The predicted octanol–water partition coefficient (Wildman–Crippen LogP) is 7.41. The Morgan fingerprint density at radius 1 is 1.04 bits per heavy atom. The number of fused-ring (bicyclic) bond motifs is 4. The lowest BCUT2D eigenvalue weighted by Gasteiger charge is -2.36. The minimum Gasteiger partial charge on any atom is -0.444 e. The van der Waals surface area contributed by atoms with E-state index in [2.05, 4.69) is 21.4 Å². The fourth-order valence-corrected chi connectivity index (χ4v) is 8.18. The van der Waals surface area contributed by atoms with Crippen molar-refractivity contribution < 1.29 is 32.6 Å². The van der Waals surface area contributed by atoms with Crippen LogP contribution in [0.1, 0.15) is 77.5 Å². The number of pyridine rings is 1. The summed E-state index contributed by atoms with van der Waals surface area (Å²) in [4.78, 5) is 43.2. The largest absolute Gasteiger partial charge is 0.444 e. The zero-order valence-electron chi connectivity index (χ0n) is 28.7. The Kier molecular flexibility index (Phi) is 8.10. The molecule has 1 unspecified atom stereocenters. The van der Waals surface area contributed by atoms with Crippen molar-refractivity contribution in [3.8, 4) is 17.3 Å². The molecule has 0 radical (unpaired) electrons. The number of benzene rings is 1. The van der Waals surface area contributed by atoms with Gasteiger partial charge in [0.25, 0.3) is 0 Å². The fourth-order valence-electron chi connectivity index (χ4n) is 7.15. The van der Waals surface area contributed by atoms with Gasteiger partial charge in [0.2, 0.25) is 5.95 Å². The maximum absolute atomic E-state index is 17.0. The van der Waals surface area contributed by atoms with E-state index < -0.39 is 34.5 Å².